The van der Waals surface area contributed by atoms with Crippen molar-refractivity contribution in [3.8, 4) is 11.3 Å². The van der Waals surface area contributed by atoms with Gasteiger partial charge in [0.05, 0.1) is 17.1 Å². The van der Waals surface area contributed by atoms with Crippen LogP contribution >= 0.6 is 0 Å². The Morgan fingerprint density at radius 2 is 2.17 bits per heavy atom. The van der Waals surface area contributed by atoms with Gasteiger partial charge in [0.25, 0.3) is 5.91 Å². The highest BCUT2D eigenvalue weighted by atomic mass is 32.2. The van der Waals surface area contributed by atoms with Crippen LogP contribution in [0.1, 0.15) is 16.9 Å². The van der Waals surface area contributed by atoms with Crippen molar-refractivity contribution in [2.45, 2.75) is 6.42 Å². The number of benzene rings is 1. The van der Waals surface area contributed by atoms with Crippen LogP contribution in [0.3, 0.4) is 0 Å². The van der Waals surface area contributed by atoms with Gasteiger partial charge in [0.2, 0.25) is 0 Å². The van der Waals surface area contributed by atoms with Crippen LogP contribution in [0.2, 0.25) is 0 Å². The van der Waals surface area contributed by atoms with Crippen molar-refractivity contribution < 1.29 is 22.1 Å². The topological polar surface area (TPSA) is 89.3 Å². The molecule has 8 heteroatoms. The molecular formula is C15H15FN2O4S. The Morgan fingerprint density at radius 3 is 2.87 bits per heavy atom. The molecule has 0 spiro atoms. The molecule has 1 fully saturated rings. The standard InChI is InChI=1S/C15H15FN2O4S/c16-12-4-2-1-3-11(12)14-7-13(18-22-14)15(19)17-8-10-5-6-23(20,21)9-10/h1-4,7,10H,5-6,8-9H2,(H,17,19)/t10-/m1/s1. The minimum absolute atomic E-state index is 0.0316. The summed E-state index contributed by atoms with van der Waals surface area (Å²) in [6, 6.07) is 7.39. The first kappa shape index (κ1) is 15.7. The van der Waals surface area contributed by atoms with Gasteiger partial charge in [-0.3, -0.25) is 4.79 Å². The maximum Gasteiger partial charge on any atom is 0.273 e. The van der Waals surface area contributed by atoms with E-state index in [1.54, 1.807) is 12.1 Å². The van der Waals surface area contributed by atoms with Gasteiger partial charge in [-0.25, -0.2) is 12.8 Å². The molecule has 122 valence electrons. The van der Waals surface area contributed by atoms with E-state index in [1.807, 2.05) is 0 Å². The zero-order valence-corrected chi connectivity index (χ0v) is 13.0. The first-order valence-corrected chi connectivity index (χ1v) is 8.97. The lowest BCUT2D eigenvalue weighted by atomic mass is 10.1. The molecule has 1 aliphatic heterocycles. The van der Waals surface area contributed by atoms with Gasteiger partial charge in [0.15, 0.2) is 21.3 Å². The third kappa shape index (κ3) is 3.58. The summed E-state index contributed by atoms with van der Waals surface area (Å²) in [4.78, 5) is 12.0. The van der Waals surface area contributed by atoms with E-state index in [0.717, 1.165) is 0 Å². The average molecular weight is 338 g/mol. The Hall–Kier alpha value is -2.22. The van der Waals surface area contributed by atoms with E-state index >= 15 is 0 Å². The van der Waals surface area contributed by atoms with Crippen LogP contribution in [0.25, 0.3) is 11.3 Å². The number of nitrogens with zero attached hydrogens (tertiary/aromatic N) is 1. The van der Waals surface area contributed by atoms with Gasteiger partial charge in [0.1, 0.15) is 5.82 Å². The Bertz CT molecular complexity index is 832. The van der Waals surface area contributed by atoms with E-state index in [4.69, 9.17) is 4.52 Å². The second-order valence-electron chi connectivity index (χ2n) is 5.54. The SMILES string of the molecule is O=C(NC[C@H]1CCS(=O)(=O)C1)c1cc(-c2ccccc2F)on1. The third-order valence-electron chi connectivity index (χ3n) is 3.76. The van der Waals surface area contributed by atoms with Crippen molar-refractivity contribution >= 4 is 15.7 Å². The van der Waals surface area contributed by atoms with Gasteiger partial charge in [-0.05, 0) is 24.5 Å². The molecule has 1 aliphatic rings. The minimum Gasteiger partial charge on any atom is -0.355 e. The lowest BCUT2D eigenvalue weighted by Gasteiger charge is -2.07. The fraction of sp³-hybridized carbons (Fsp3) is 0.333. The molecular weight excluding hydrogens is 323 g/mol. The van der Waals surface area contributed by atoms with Crippen molar-refractivity contribution in [2.75, 3.05) is 18.1 Å². The van der Waals surface area contributed by atoms with Crippen LogP contribution in [-0.4, -0.2) is 37.5 Å². The Kier molecular flexibility index (Phi) is 4.16. The van der Waals surface area contributed by atoms with E-state index in [2.05, 4.69) is 10.5 Å². The summed E-state index contributed by atoms with van der Waals surface area (Å²) < 4.78 is 41.4. The number of aromatic nitrogens is 1. The predicted molar refractivity (Wildman–Crippen MR) is 81.0 cm³/mol. The molecule has 1 saturated heterocycles. The highest BCUT2D eigenvalue weighted by molar-refractivity contribution is 7.91. The van der Waals surface area contributed by atoms with Crippen LogP contribution in [0, 0.1) is 11.7 Å². The molecule has 0 aliphatic carbocycles. The molecule has 0 radical (unpaired) electrons. The van der Waals surface area contributed by atoms with Crippen LogP contribution in [-0.2, 0) is 9.84 Å². The first-order chi connectivity index (χ1) is 10.9. The lowest BCUT2D eigenvalue weighted by Crippen LogP contribution is -2.30. The van der Waals surface area contributed by atoms with Gasteiger partial charge < -0.3 is 9.84 Å². The summed E-state index contributed by atoms with van der Waals surface area (Å²) >= 11 is 0. The van der Waals surface area contributed by atoms with Gasteiger partial charge in [-0.15, -0.1) is 0 Å². The maximum absolute atomic E-state index is 13.7. The van der Waals surface area contributed by atoms with Crippen LogP contribution in [0.5, 0.6) is 0 Å². The maximum atomic E-state index is 13.7. The normalized spacial score (nSPS) is 19.6. The van der Waals surface area contributed by atoms with E-state index in [1.165, 1.54) is 18.2 Å². The largest absolute Gasteiger partial charge is 0.355 e. The smallest absolute Gasteiger partial charge is 0.273 e. The monoisotopic (exact) mass is 338 g/mol. The highest BCUT2D eigenvalue weighted by Gasteiger charge is 2.28. The summed E-state index contributed by atoms with van der Waals surface area (Å²) in [6.45, 7) is 0.264. The fourth-order valence-corrected chi connectivity index (χ4v) is 4.39. The van der Waals surface area contributed by atoms with Gasteiger partial charge in [-0.1, -0.05) is 17.3 Å². The summed E-state index contributed by atoms with van der Waals surface area (Å²) in [7, 11) is -2.97. The lowest BCUT2D eigenvalue weighted by molar-refractivity contribution is 0.0939. The number of halogens is 1. The molecule has 0 unspecified atom stereocenters. The molecule has 2 aromatic rings. The van der Waals surface area contributed by atoms with Crippen molar-refractivity contribution in [3.63, 3.8) is 0 Å². The van der Waals surface area contributed by atoms with Gasteiger partial charge >= 0.3 is 0 Å². The number of carbonyl (C=O) groups excluding carboxylic acids is 1. The summed E-state index contributed by atoms with van der Waals surface area (Å²) in [5.74, 6) is -0.604. The predicted octanol–water partition coefficient (Wildman–Crippen LogP) is 1.65. The Morgan fingerprint density at radius 1 is 1.39 bits per heavy atom. The number of amides is 1. The number of nitrogens with one attached hydrogen (secondary N) is 1. The molecule has 1 aromatic heterocycles. The molecule has 3 rings (SSSR count). The number of hydrogen-bond acceptors (Lipinski definition) is 5. The molecule has 1 amide bonds. The quantitative estimate of drug-likeness (QED) is 0.915. The number of hydrogen-bond donors (Lipinski definition) is 1. The van der Waals surface area contributed by atoms with Crippen molar-refractivity contribution in [3.05, 3.63) is 41.8 Å². The van der Waals surface area contributed by atoms with Crippen molar-refractivity contribution in [1.82, 2.24) is 10.5 Å². The molecule has 1 atom stereocenters. The molecule has 1 N–H and O–H groups in total. The Labute approximate surface area is 132 Å². The molecule has 23 heavy (non-hydrogen) atoms. The third-order valence-corrected chi connectivity index (χ3v) is 5.60. The zero-order chi connectivity index (χ0) is 16.4. The average Bonchev–Trinajstić information content (AvgIpc) is 3.12. The van der Waals surface area contributed by atoms with E-state index in [0.29, 0.717) is 6.42 Å². The second kappa shape index (κ2) is 6.11. The number of sulfone groups is 1. The molecule has 1 aromatic carbocycles. The second-order valence-corrected chi connectivity index (χ2v) is 7.76. The molecule has 6 nitrogen and oxygen atoms in total. The summed E-state index contributed by atoms with van der Waals surface area (Å²) in [5, 5.41) is 6.27. The van der Waals surface area contributed by atoms with Crippen LogP contribution in [0.15, 0.2) is 34.9 Å². The van der Waals surface area contributed by atoms with Crippen molar-refractivity contribution in [1.29, 1.82) is 0 Å². The first-order valence-electron chi connectivity index (χ1n) is 7.15. The molecule has 2 heterocycles. The van der Waals surface area contributed by atoms with E-state index in [9.17, 15) is 17.6 Å². The zero-order valence-electron chi connectivity index (χ0n) is 12.2. The summed E-state index contributed by atoms with van der Waals surface area (Å²) in [5.41, 5.74) is 0.255. The van der Waals surface area contributed by atoms with Gasteiger partial charge in [0, 0.05) is 12.6 Å². The fourth-order valence-electron chi connectivity index (χ4n) is 2.53. The van der Waals surface area contributed by atoms with Crippen LogP contribution < -0.4 is 5.32 Å². The van der Waals surface area contributed by atoms with Crippen molar-refractivity contribution in [2.24, 2.45) is 5.92 Å². The number of rotatable bonds is 4. The number of carbonyl (C=O) groups is 1. The van der Waals surface area contributed by atoms with Crippen LogP contribution in [0.4, 0.5) is 4.39 Å². The van der Waals surface area contributed by atoms with E-state index in [-0.39, 0.29) is 41.0 Å². The highest BCUT2D eigenvalue weighted by Crippen LogP contribution is 2.23. The molecule has 0 bridgehead atoms. The molecule has 0 saturated carbocycles. The minimum atomic E-state index is -2.97. The summed E-state index contributed by atoms with van der Waals surface area (Å²) in [6.07, 6.45) is 0.544. The van der Waals surface area contributed by atoms with Gasteiger partial charge in [-0.2, -0.15) is 0 Å². The van der Waals surface area contributed by atoms with E-state index < -0.39 is 21.6 Å². The Balaban J connectivity index is 1.64.